The third-order valence-corrected chi connectivity index (χ3v) is 4.57. The van der Waals surface area contributed by atoms with E-state index in [9.17, 15) is 4.79 Å². The van der Waals surface area contributed by atoms with Crippen molar-refractivity contribution in [3.8, 4) is 11.3 Å². The molecule has 1 aliphatic rings. The molecule has 25 heavy (non-hydrogen) atoms. The number of nitrogens with zero attached hydrogens (tertiary/aromatic N) is 3. The van der Waals surface area contributed by atoms with E-state index in [1.165, 1.54) is 0 Å². The molecular weight excluding hydrogens is 318 g/mol. The maximum absolute atomic E-state index is 12.4. The number of piperazine rings is 1. The van der Waals surface area contributed by atoms with Gasteiger partial charge in [0.1, 0.15) is 0 Å². The molecule has 1 aliphatic heterocycles. The van der Waals surface area contributed by atoms with Gasteiger partial charge in [0.15, 0.2) is 11.7 Å². The highest BCUT2D eigenvalue weighted by Gasteiger charge is 2.21. The van der Waals surface area contributed by atoms with Gasteiger partial charge in [0.2, 0.25) is 5.91 Å². The molecule has 0 atom stereocenters. The van der Waals surface area contributed by atoms with Gasteiger partial charge in [-0.1, -0.05) is 30.3 Å². The number of β-amino-alcohol motifs (C(OH)–C–C–N with tert-alkyl or cyclic N) is 1. The molecular formula is C19H25N3O3. The Morgan fingerprint density at radius 1 is 1.20 bits per heavy atom. The maximum atomic E-state index is 12.4. The maximum Gasteiger partial charge on any atom is 0.223 e. The Labute approximate surface area is 148 Å². The lowest BCUT2D eigenvalue weighted by atomic mass is 10.1. The molecule has 1 saturated heterocycles. The van der Waals surface area contributed by atoms with Crippen LogP contribution in [0.15, 0.2) is 34.7 Å². The zero-order valence-electron chi connectivity index (χ0n) is 14.6. The van der Waals surface area contributed by atoms with Gasteiger partial charge in [-0.25, -0.2) is 4.98 Å². The Morgan fingerprint density at radius 3 is 2.60 bits per heavy atom. The van der Waals surface area contributed by atoms with Gasteiger partial charge >= 0.3 is 0 Å². The van der Waals surface area contributed by atoms with Crippen LogP contribution in [0, 0.1) is 6.92 Å². The van der Waals surface area contributed by atoms with Gasteiger partial charge in [0.25, 0.3) is 0 Å². The van der Waals surface area contributed by atoms with Crippen molar-refractivity contribution < 1.29 is 14.3 Å². The molecule has 0 unspecified atom stereocenters. The molecule has 6 nitrogen and oxygen atoms in total. The lowest BCUT2D eigenvalue weighted by Gasteiger charge is -2.34. The van der Waals surface area contributed by atoms with E-state index in [-0.39, 0.29) is 12.5 Å². The molecule has 0 radical (unpaired) electrons. The summed E-state index contributed by atoms with van der Waals surface area (Å²) in [6.45, 7) is 5.86. The lowest BCUT2D eigenvalue weighted by molar-refractivity contribution is -0.133. The first-order valence-electron chi connectivity index (χ1n) is 8.80. The standard InChI is InChI=1S/C19H25N3O3/c1-15-19(16-5-3-2-4-6-16)25-17(20-15)7-8-18(24)22-11-9-21(10-12-22)13-14-23/h2-6,23H,7-14H2,1H3. The predicted octanol–water partition coefficient (Wildman–Crippen LogP) is 1.72. The van der Waals surface area contributed by atoms with E-state index in [2.05, 4.69) is 9.88 Å². The fraction of sp³-hybridized carbons (Fsp3) is 0.474. The van der Waals surface area contributed by atoms with Gasteiger partial charge in [-0.15, -0.1) is 0 Å². The van der Waals surface area contributed by atoms with Crippen LogP contribution in [-0.2, 0) is 11.2 Å². The number of hydrogen-bond acceptors (Lipinski definition) is 5. The highest BCUT2D eigenvalue weighted by molar-refractivity contribution is 5.76. The fourth-order valence-electron chi connectivity index (χ4n) is 3.15. The third-order valence-electron chi connectivity index (χ3n) is 4.57. The van der Waals surface area contributed by atoms with Crippen LogP contribution in [0.2, 0.25) is 0 Å². The molecule has 0 spiro atoms. The minimum atomic E-state index is 0.140. The summed E-state index contributed by atoms with van der Waals surface area (Å²) in [6.07, 6.45) is 0.928. The van der Waals surface area contributed by atoms with Gasteiger partial charge < -0.3 is 14.4 Å². The predicted molar refractivity (Wildman–Crippen MR) is 95.1 cm³/mol. The first kappa shape index (κ1) is 17.6. The number of carbonyl (C=O) groups is 1. The fourth-order valence-corrected chi connectivity index (χ4v) is 3.15. The van der Waals surface area contributed by atoms with Crippen LogP contribution >= 0.6 is 0 Å². The average Bonchev–Trinajstić information content (AvgIpc) is 3.02. The van der Waals surface area contributed by atoms with E-state index >= 15 is 0 Å². The van der Waals surface area contributed by atoms with Crippen LogP contribution in [0.1, 0.15) is 18.0 Å². The second kappa shape index (κ2) is 8.27. The molecule has 1 amide bonds. The monoisotopic (exact) mass is 343 g/mol. The highest BCUT2D eigenvalue weighted by atomic mass is 16.4. The molecule has 1 aromatic carbocycles. The minimum Gasteiger partial charge on any atom is -0.440 e. The van der Waals surface area contributed by atoms with E-state index in [4.69, 9.17) is 9.52 Å². The Bertz CT molecular complexity index is 691. The number of rotatable bonds is 6. The van der Waals surface area contributed by atoms with Gasteiger partial charge in [0.05, 0.1) is 12.3 Å². The van der Waals surface area contributed by atoms with Crippen molar-refractivity contribution in [1.29, 1.82) is 0 Å². The average molecular weight is 343 g/mol. The van der Waals surface area contributed by atoms with E-state index in [0.29, 0.717) is 25.3 Å². The number of oxazole rings is 1. The van der Waals surface area contributed by atoms with Gasteiger partial charge in [0, 0.05) is 51.1 Å². The summed E-state index contributed by atoms with van der Waals surface area (Å²) >= 11 is 0. The summed E-state index contributed by atoms with van der Waals surface area (Å²) < 4.78 is 5.87. The van der Waals surface area contributed by atoms with Crippen LogP contribution < -0.4 is 0 Å². The summed E-state index contributed by atoms with van der Waals surface area (Å²) in [5.41, 5.74) is 1.86. The summed E-state index contributed by atoms with van der Waals surface area (Å²) in [5.74, 6) is 1.53. The van der Waals surface area contributed by atoms with E-state index in [1.54, 1.807) is 0 Å². The molecule has 0 saturated carbocycles. The summed E-state index contributed by atoms with van der Waals surface area (Å²) in [7, 11) is 0. The lowest BCUT2D eigenvalue weighted by Crippen LogP contribution is -2.49. The molecule has 2 heterocycles. The van der Waals surface area contributed by atoms with Crippen LogP contribution in [0.25, 0.3) is 11.3 Å². The molecule has 2 aromatic rings. The van der Waals surface area contributed by atoms with E-state index < -0.39 is 0 Å². The number of amides is 1. The van der Waals surface area contributed by atoms with Crippen LogP contribution in [-0.4, -0.2) is 65.1 Å². The Hall–Kier alpha value is -2.18. The van der Waals surface area contributed by atoms with E-state index in [1.807, 2.05) is 42.2 Å². The molecule has 1 aromatic heterocycles. The molecule has 134 valence electrons. The van der Waals surface area contributed by atoms with Crippen molar-refractivity contribution in [3.05, 3.63) is 41.9 Å². The van der Waals surface area contributed by atoms with Crippen molar-refractivity contribution in [2.45, 2.75) is 19.8 Å². The van der Waals surface area contributed by atoms with Gasteiger partial charge in [-0.2, -0.15) is 0 Å². The van der Waals surface area contributed by atoms with Crippen molar-refractivity contribution in [2.24, 2.45) is 0 Å². The summed E-state index contributed by atoms with van der Waals surface area (Å²) in [6, 6.07) is 9.89. The number of aliphatic hydroxyl groups is 1. The molecule has 0 aliphatic carbocycles. The zero-order chi connectivity index (χ0) is 17.6. The number of aliphatic hydroxyl groups excluding tert-OH is 1. The zero-order valence-corrected chi connectivity index (χ0v) is 14.6. The molecule has 3 rings (SSSR count). The van der Waals surface area contributed by atoms with E-state index in [0.717, 1.165) is 43.2 Å². The summed E-state index contributed by atoms with van der Waals surface area (Å²) in [4.78, 5) is 20.9. The quantitative estimate of drug-likeness (QED) is 0.865. The smallest absolute Gasteiger partial charge is 0.223 e. The van der Waals surface area contributed by atoms with Crippen molar-refractivity contribution in [1.82, 2.24) is 14.8 Å². The van der Waals surface area contributed by atoms with Crippen LogP contribution in [0.3, 0.4) is 0 Å². The van der Waals surface area contributed by atoms with Gasteiger partial charge in [-0.3, -0.25) is 9.69 Å². The number of hydrogen-bond donors (Lipinski definition) is 1. The molecule has 1 fully saturated rings. The first-order valence-corrected chi connectivity index (χ1v) is 8.80. The highest BCUT2D eigenvalue weighted by Crippen LogP contribution is 2.24. The topological polar surface area (TPSA) is 69.8 Å². The van der Waals surface area contributed by atoms with Crippen molar-refractivity contribution >= 4 is 5.91 Å². The molecule has 6 heteroatoms. The molecule has 1 N–H and O–H groups in total. The second-order valence-electron chi connectivity index (χ2n) is 6.33. The third kappa shape index (κ3) is 4.46. The van der Waals surface area contributed by atoms with Crippen LogP contribution in [0.5, 0.6) is 0 Å². The largest absolute Gasteiger partial charge is 0.440 e. The van der Waals surface area contributed by atoms with Gasteiger partial charge in [-0.05, 0) is 6.92 Å². The number of benzene rings is 1. The summed E-state index contributed by atoms with van der Waals surface area (Å²) in [5, 5.41) is 8.97. The minimum absolute atomic E-state index is 0.140. The normalized spacial score (nSPS) is 15.5. The number of carbonyl (C=O) groups excluding carboxylic acids is 1. The SMILES string of the molecule is Cc1nc(CCC(=O)N2CCN(CCO)CC2)oc1-c1ccccc1. The number of aryl methyl sites for hydroxylation is 2. The van der Waals surface area contributed by atoms with Crippen LogP contribution in [0.4, 0.5) is 0 Å². The van der Waals surface area contributed by atoms with Crippen molar-refractivity contribution in [3.63, 3.8) is 0 Å². The number of aromatic nitrogens is 1. The Balaban J connectivity index is 1.53. The Kier molecular flexibility index (Phi) is 5.83. The molecule has 0 bridgehead atoms. The van der Waals surface area contributed by atoms with Crippen molar-refractivity contribution in [2.75, 3.05) is 39.3 Å². The second-order valence-corrected chi connectivity index (χ2v) is 6.33. The Morgan fingerprint density at radius 2 is 1.92 bits per heavy atom. The first-order chi connectivity index (χ1) is 12.2.